The van der Waals surface area contributed by atoms with Gasteiger partial charge in [0.25, 0.3) is 0 Å². The average Bonchev–Trinajstić information content (AvgIpc) is 2.88. The van der Waals surface area contributed by atoms with Crippen molar-refractivity contribution in [3.8, 4) is 0 Å². The standard InChI is InChI=1S/C15H23N3/c1-15(2,3)13-4-5-14(17-8-13)18-9-11-6-16-7-12(11)10-18/h4-5,8,11-12,16H,6-7,9-10H2,1-3H3. The molecule has 3 heteroatoms. The van der Waals surface area contributed by atoms with Crippen molar-refractivity contribution < 1.29 is 0 Å². The van der Waals surface area contributed by atoms with Crippen molar-refractivity contribution >= 4 is 5.82 Å². The van der Waals surface area contributed by atoms with Gasteiger partial charge in [-0.2, -0.15) is 0 Å². The van der Waals surface area contributed by atoms with E-state index in [4.69, 9.17) is 0 Å². The molecule has 0 bridgehead atoms. The van der Waals surface area contributed by atoms with Crippen LogP contribution in [0.5, 0.6) is 0 Å². The number of anilines is 1. The van der Waals surface area contributed by atoms with Crippen molar-refractivity contribution in [2.45, 2.75) is 26.2 Å². The van der Waals surface area contributed by atoms with Crippen molar-refractivity contribution in [3.05, 3.63) is 23.9 Å². The first-order valence-electron chi connectivity index (χ1n) is 6.96. The van der Waals surface area contributed by atoms with E-state index in [0.717, 1.165) is 17.7 Å². The van der Waals surface area contributed by atoms with Gasteiger partial charge in [-0.05, 0) is 28.9 Å². The lowest BCUT2D eigenvalue weighted by molar-refractivity contribution is 0.533. The molecule has 3 nitrogen and oxygen atoms in total. The Morgan fingerprint density at radius 1 is 1.17 bits per heavy atom. The van der Waals surface area contributed by atoms with Crippen LogP contribution in [0.3, 0.4) is 0 Å². The molecular weight excluding hydrogens is 222 g/mol. The molecule has 2 aliphatic heterocycles. The number of pyridine rings is 1. The average molecular weight is 245 g/mol. The van der Waals surface area contributed by atoms with Gasteiger partial charge in [-0.3, -0.25) is 0 Å². The molecule has 0 saturated carbocycles. The lowest BCUT2D eigenvalue weighted by atomic mass is 9.88. The largest absolute Gasteiger partial charge is 0.356 e. The minimum absolute atomic E-state index is 0.191. The van der Waals surface area contributed by atoms with Gasteiger partial charge in [-0.25, -0.2) is 4.98 Å². The molecule has 3 heterocycles. The molecule has 2 fully saturated rings. The van der Waals surface area contributed by atoms with Crippen LogP contribution >= 0.6 is 0 Å². The van der Waals surface area contributed by atoms with Gasteiger partial charge in [-0.1, -0.05) is 26.8 Å². The summed E-state index contributed by atoms with van der Waals surface area (Å²) in [7, 11) is 0. The van der Waals surface area contributed by atoms with Crippen molar-refractivity contribution in [2.24, 2.45) is 11.8 Å². The van der Waals surface area contributed by atoms with Crippen LogP contribution < -0.4 is 10.2 Å². The van der Waals surface area contributed by atoms with Gasteiger partial charge < -0.3 is 10.2 Å². The van der Waals surface area contributed by atoms with Crippen LogP contribution in [-0.4, -0.2) is 31.2 Å². The Morgan fingerprint density at radius 3 is 2.33 bits per heavy atom. The van der Waals surface area contributed by atoms with E-state index in [1.165, 1.54) is 31.7 Å². The van der Waals surface area contributed by atoms with Crippen LogP contribution in [0.2, 0.25) is 0 Å². The first-order chi connectivity index (χ1) is 8.54. The van der Waals surface area contributed by atoms with Crippen LogP contribution in [0.4, 0.5) is 5.82 Å². The summed E-state index contributed by atoms with van der Waals surface area (Å²) < 4.78 is 0. The highest BCUT2D eigenvalue weighted by Gasteiger charge is 2.36. The number of nitrogens with one attached hydrogen (secondary N) is 1. The molecule has 0 amide bonds. The van der Waals surface area contributed by atoms with E-state index in [0.29, 0.717) is 0 Å². The van der Waals surface area contributed by atoms with Crippen molar-refractivity contribution in [1.29, 1.82) is 0 Å². The molecule has 2 atom stereocenters. The van der Waals surface area contributed by atoms with Crippen LogP contribution in [0.25, 0.3) is 0 Å². The van der Waals surface area contributed by atoms with Gasteiger partial charge in [0.05, 0.1) is 0 Å². The molecule has 1 aromatic heterocycles. The topological polar surface area (TPSA) is 28.2 Å². The summed E-state index contributed by atoms with van der Waals surface area (Å²) in [5, 5.41) is 3.48. The molecule has 0 radical (unpaired) electrons. The maximum absolute atomic E-state index is 4.66. The zero-order valence-electron chi connectivity index (χ0n) is 11.6. The van der Waals surface area contributed by atoms with E-state index in [1.54, 1.807) is 0 Å². The maximum atomic E-state index is 4.66. The van der Waals surface area contributed by atoms with Crippen molar-refractivity contribution in [2.75, 3.05) is 31.1 Å². The minimum atomic E-state index is 0.191. The highest BCUT2D eigenvalue weighted by molar-refractivity contribution is 5.42. The van der Waals surface area contributed by atoms with E-state index in [2.05, 4.69) is 48.1 Å². The third-order valence-corrected chi connectivity index (χ3v) is 4.33. The quantitative estimate of drug-likeness (QED) is 0.820. The van der Waals surface area contributed by atoms with Gasteiger partial charge >= 0.3 is 0 Å². The summed E-state index contributed by atoms with van der Waals surface area (Å²) >= 11 is 0. The Hall–Kier alpha value is -1.09. The zero-order valence-corrected chi connectivity index (χ0v) is 11.6. The number of nitrogens with zero attached hydrogens (tertiary/aromatic N) is 2. The molecule has 3 rings (SSSR count). The van der Waals surface area contributed by atoms with Gasteiger partial charge in [-0.15, -0.1) is 0 Å². The maximum Gasteiger partial charge on any atom is 0.128 e. The first-order valence-corrected chi connectivity index (χ1v) is 6.96. The summed E-state index contributed by atoms with van der Waals surface area (Å²) in [5.41, 5.74) is 1.50. The SMILES string of the molecule is CC(C)(C)c1ccc(N2CC3CNCC3C2)nc1. The molecule has 1 N–H and O–H groups in total. The van der Waals surface area contributed by atoms with Crippen molar-refractivity contribution in [3.63, 3.8) is 0 Å². The zero-order chi connectivity index (χ0) is 12.8. The molecule has 0 aliphatic carbocycles. The third kappa shape index (κ3) is 2.12. The van der Waals surface area contributed by atoms with Gasteiger partial charge in [0.1, 0.15) is 5.82 Å². The number of hydrogen-bond acceptors (Lipinski definition) is 3. The summed E-state index contributed by atoms with van der Waals surface area (Å²) in [6.45, 7) is 11.4. The normalized spacial score (nSPS) is 27.6. The van der Waals surface area contributed by atoms with Crippen LogP contribution in [0, 0.1) is 11.8 Å². The molecule has 1 aromatic rings. The molecule has 2 saturated heterocycles. The summed E-state index contributed by atoms with van der Waals surface area (Å²) in [6, 6.07) is 4.42. The van der Waals surface area contributed by atoms with E-state index in [-0.39, 0.29) is 5.41 Å². The lowest BCUT2D eigenvalue weighted by Crippen LogP contribution is -2.26. The van der Waals surface area contributed by atoms with E-state index in [9.17, 15) is 0 Å². The number of fused-ring (bicyclic) bond motifs is 1. The molecule has 2 unspecified atom stereocenters. The predicted octanol–water partition coefficient (Wildman–Crippen LogP) is 2.03. The third-order valence-electron chi connectivity index (χ3n) is 4.33. The number of aromatic nitrogens is 1. The Balaban J connectivity index is 1.74. The predicted molar refractivity (Wildman–Crippen MR) is 75.0 cm³/mol. The summed E-state index contributed by atoms with van der Waals surface area (Å²) in [4.78, 5) is 7.11. The molecule has 0 spiro atoms. The lowest BCUT2D eigenvalue weighted by Gasteiger charge is -2.22. The van der Waals surface area contributed by atoms with Gasteiger partial charge in [0.2, 0.25) is 0 Å². The first kappa shape index (κ1) is 12.0. The van der Waals surface area contributed by atoms with E-state index >= 15 is 0 Å². The van der Waals surface area contributed by atoms with Crippen molar-refractivity contribution in [1.82, 2.24) is 10.3 Å². The molecule has 2 aliphatic rings. The Kier molecular flexibility index (Phi) is 2.81. The Morgan fingerprint density at radius 2 is 1.83 bits per heavy atom. The van der Waals surface area contributed by atoms with E-state index < -0.39 is 0 Å². The molecule has 18 heavy (non-hydrogen) atoms. The minimum Gasteiger partial charge on any atom is -0.356 e. The second-order valence-electron chi connectivity index (χ2n) is 6.74. The fourth-order valence-electron chi connectivity index (χ4n) is 3.06. The van der Waals surface area contributed by atoms with E-state index in [1.807, 2.05) is 6.20 Å². The Bertz CT molecular complexity index is 406. The summed E-state index contributed by atoms with van der Waals surface area (Å²) in [5.74, 6) is 2.81. The monoisotopic (exact) mass is 245 g/mol. The van der Waals surface area contributed by atoms with Gasteiger partial charge in [0.15, 0.2) is 0 Å². The molecule has 0 aromatic carbocycles. The second-order valence-corrected chi connectivity index (χ2v) is 6.74. The van der Waals surface area contributed by atoms with Gasteiger partial charge in [0, 0.05) is 32.4 Å². The smallest absolute Gasteiger partial charge is 0.128 e. The highest BCUT2D eigenvalue weighted by atomic mass is 15.2. The van der Waals surface area contributed by atoms with Crippen LogP contribution in [0.1, 0.15) is 26.3 Å². The number of rotatable bonds is 1. The Labute approximate surface area is 110 Å². The van der Waals surface area contributed by atoms with Crippen LogP contribution in [0.15, 0.2) is 18.3 Å². The highest BCUT2D eigenvalue weighted by Crippen LogP contribution is 2.30. The molecule has 98 valence electrons. The van der Waals surface area contributed by atoms with Crippen LogP contribution in [-0.2, 0) is 5.41 Å². The fraction of sp³-hybridized carbons (Fsp3) is 0.667. The molecular formula is C15H23N3. The number of hydrogen-bond donors (Lipinski definition) is 1. The fourth-order valence-corrected chi connectivity index (χ4v) is 3.06. The second kappa shape index (κ2) is 4.23. The summed E-state index contributed by atoms with van der Waals surface area (Å²) in [6.07, 6.45) is 2.04.